The van der Waals surface area contributed by atoms with Gasteiger partial charge in [-0.3, -0.25) is 14.3 Å². The second-order valence-electron chi connectivity index (χ2n) is 10.7. The topological polar surface area (TPSA) is 158 Å². The van der Waals surface area contributed by atoms with Crippen LogP contribution in [0.1, 0.15) is 12.8 Å². The normalized spacial score (nSPS) is 22.6. The molecule has 15 heteroatoms. The van der Waals surface area contributed by atoms with Crippen LogP contribution in [0.4, 0.5) is 5.69 Å². The molecule has 1 atom stereocenters. The highest BCUT2D eigenvalue weighted by molar-refractivity contribution is 7.89. The maximum Gasteiger partial charge on any atom is 0.261 e. The summed E-state index contributed by atoms with van der Waals surface area (Å²) in [4.78, 5) is 21.2. The number of hydrogen-bond acceptors (Lipinski definition) is 9. The standard InChI is InChI=1S/C26H27ClN4O5S.CH4O3S/c27-21-3-1-20-14-23(4-2-19(20)13-21)37(34,35)30-15-24(33)31-16-25(36-26(31,17-30)18-32)7-11-29(12-8-25)22-5-9-28-10-6-22;1-5(2,3)4/h1-6,9-10,13-14,32H,7-8,11-12,15-18H2;1H3,(H,2,3,4). The first-order valence-electron chi connectivity index (χ1n) is 13.1. The summed E-state index contributed by atoms with van der Waals surface area (Å²) in [5, 5.41) is 12.6. The van der Waals surface area contributed by atoms with Crippen LogP contribution in [0.3, 0.4) is 0 Å². The zero-order valence-electron chi connectivity index (χ0n) is 22.8. The molecule has 2 aromatic carbocycles. The van der Waals surface area contributed by atoms with Crippen molar-refractivity contribution in [3.63, 3.8) is 0 Å². The molecule has 2 N–H and O–H groups in total. The Kier molecular flexibility index (Phi) is 8.26. The quantitative estimate of drug-likeness (QED) is 0.405. The number of halogens is 1. The van der Waals surface area contributed by atoms with Gasteiger partial charge in [-0.2, -0.15) is 12.7 Å². The fourth-order valence-electron chi connectivity index (χ4n) is 5.75. The lowest BCUT2D eigenvalue weighted by Gasteiger charge is -2.44. The lowest BCUT2D eigenvalue weighted by atomic mass is 9.91. The molecule has 1 spiro atoms. The highest BCUT2D eigenvalue weighted by Gasteiger charge is 2.60. The van der Waals surface area contributed by atoms with E-state index in [-0.39, 0.29) is 23.9 Å². The SMILES string of the molecule is CS(=O)(=O)O.O=C1CN(S(=O)(=O)c2ccc3cc(Cl)ccc3c2)CC2(CO)OC3(CCN(c4ccncc4)CC3)CN12. The van der Waals surface area contributed by atoms with E-state index in [0.29, 0.717) is 30.7 Å². The molecule has 3 aromatic rings. The third kappa shape index (κ3) is 6.25. The van der Waals surface area contributed by atoms with Crippen molar-refractivity contribution in [1.82, 2.24) is 14.2 Å². The Bertz CT molecular complexity index is 1690. The van der Waals surface area contributed by atoms with E-state index < -0.39 is 38.1 Å². The van der Waals surface area contributed by atoms with E-state index in [1.165, 1.54) is 6.07 Å². The molecule has 4 heterocycles. The number of amides is 1. The van der Waals surface area contributed by atoms with Crippen LogP contribution in [-0.2, 0) is 29.7 Å². The van der Waals surface area contributed by atoms with Crippen LogP contribution in [0.25, 0.3) is 10.8 Å². The number of rotatable bonds is 4. The summed E-state index contributed by atoms with van der Waals surface area (Å²) in [7, 11) is -7.69. The number of carbonyl (C=O) groups is 1. The van der Waals surface area contributed by atoms with Gasteiger partial charge in [-0.15, -0.1) is 0 Å². The number of ether oxygens (including phenoxy) is 1. The molecule has 0 radical (unpaired) electrons. The maximum atomic E-state index is 13.6. The number of sulfonamides is 1. The molecular formula is C27H31ClN4O8S2. The van der Waals surface area contributed by atoms with Crippen molar-refractivity contribution in [3.8, 4) is 0 Å². The average molecular weight is 639 g/mol. The number of hydrogen-bond donors (Lipinski definition) is 2. The van der Waals surface area contributed by atoms with Crippen LogP contribution in [0.15, 0.2) is 65.8 Å². The van der Waals surface area contributed by atoms with Crippen molar-refractivity contribution in [1.29, 1.82) is 0 Å². The van der Waals surface area contributed by atoms with Gasteiger partial charge < -0.3 is 19.6 Å². The monoisotopic (exact) mass is 638 g/mol. The molecule has 1 aromatic heterocycles. The van der Waals surface area contributed by atoms with E-state index in [2.05, 4.69) is 9.88 Å². The summed E-state index contributed by atoms with van der Waals surface area (Å²) in [6.45, 7) is 0.850. The lowest BCUT2D eigenvalue weighted by molar-refractivity contribution is -0.191. The van der Waals surface area contributed by atoms with Gasteiger partial charge in [0, 0.05) is 36.2 Å². The number of pyridine rings is 1. The van der Waals surface area contributed by atoms with E-state index in [0.717, 1.165) is 33.9 Å². The van der Waals surface area contributed by atoms with E-state index in [1.807, 2.05) is 12.1 Å². The number of aliphatic hydroxyl groups is 1. The minimum atomic E-state index is -4.02. The van der Waals surface area contributed by atoms with Crippen LogP contribution in [0, 0.1) is 0 Å². The van der Waals surface area contributed by atoms with Crippen LogP contribution in [-0.4, -0.2) is 104 Å². The fourth-order valence-corrected chi connectivity index (χ4v) is 7.40. The van der Waals surface area contributed by atoms with E-state index >= 15 is 0 Å². The third-order valence-corrected chi connectivity index (χ3v) is 9.76. The molecule has 0 saturated carbocycles. The van der Waals surface area contributed by atoms with Crippen molar-refractivity contribution >= 4 is 54.1 Å². The number of anilines is 1. The Labute approximate surface area is 249 Å². The van der Waals surface area contributed by atoms with Crippen molar-refractivity contribution in [2.45, 2.75) is 29.1 Å². The zero-order chi connectivity index (χ0) is 30.3. The summed E-state index contributed by atoms with van der Waals surface area (Å²) in [5.74, 6) is -0.370. The molecule has 3 aliphatic rings. The van der Waals surface area contributed by atoms with Crippen LogP contribution in [0.5, 0.6) is 0 Å². The van der Waals surface area contributed by atoms with Gasteiger partial charge in [-0.05, 0) is 60.0 Å². The molecule has 226 valence electrons. The Balaban J connectivity index is 0.000000652. The second kappa shape index (κ2) is 11.3. The smallest absolute Gasteiger partial charge is 0.261 e. The number of piperidine rings is 1. The van der Waals surface area contributed by atoms with Crippen LogP contribution < -0.4 is 4.90 Å². The van der Waals surface area contributed by atoms with Gasteiger partial charge in [0.05, 0.1) is 43.0 Å². The van der Waals surface area contributed by atoms with Gasteiger partial charge >= 0.3 is 0 Å². The van der Waals surface area contributed by atoms with Crippen LogP contribution in [0.2, 0.25) is 5.02 Å². The van der Waals surface area contributed by atoms with Gasteiger partial charge in [0.25, 0.3) is 10.1 Å². The Morgan fingerprint density at radius 1 is 0.976 bits per heavy atom. The number of benzene rings is 2. The number of fused-ring (bicyclic) bond motifs is 2. The number of aliphatic hydroxyl groups excluding tert-OH is 1. The first-order chi connectivity index (χ1) is 19.7. The summed E-state index contributed by atoms with van der Waals surface area (Å²) in [6.07, 6.45) is 5.53. The predicted octanol–water partition coefficient (Wildman–Crippen LogP) is 1.98. The number of aromatic nitrogens is 1. The predicted molar refractivity (Wildman–Crippen MR) is 156 cm³/mol. The van der Waals surface area contributed by atoms with Gasteiger partial charge in [-0.1, -0.05) is 23.7 Å². The molecule has 3 saturated heterocycles. The van der Waals surface area contributed by atoms with Crippen molar-refractivity contribution in [2.24, 2.45) is 0 Å². The molecule has 12 nitrogen and oxygen atoms in total. The van der Waals surface area contributed by atoms with E-state index in [1.54, 1.807) is 47.6 Å². The summed E-state index contributed by atoms with van der Waals surface area (Å²) in [5.41, 5.74) is -0.973. The molecule has 42 heavy (non-hydrogen) atoms. The molecule has 6 rings (SSSR count). The highest BCUT2D eigenvalue weighted by Crippen LogP contribution is 2.44. The maximum absolute atomic E-state index is 13.6. The summed E-state index contributed by atoms with van der Waals surface area (Å²) < 4.78 is 60.8. The van der Waals surface area contributed by atoms with Crippen LogP contribution >= 0.6 is 11.6 Å². The zero-order valence-corrected chi connectivity index (χ0v) is 25.1. The van der Waals surface area contributed by atoms with Crippen molar-refractivity contribution in [3.05, 3.63) is 65.9 Å². The van der Waals surface area contributed by atoms with E-state index in [4.69, 9.17) is 20.9 Å². The Morgan fingerprint density at radius 2 is 1.60 bits per heavy atom. The number of piperazine rings is 1. The van der Waals surface area contributed by atoms with E-state index in [9.17, 15) is 26.7 Å². The molecule has 0 bridgehead atoms. The molecule has 1 unspecified atom stereocenters. The summed E-state index contributed by atoms with van der Waals surface area (Å²) in [6, 6.07) is 13.9. The first-order valence-corrected chi connectivity index (χ1v) is 16.8. The largest absolute Gasteiger partial charge is 0.391 e. The fraction of sp³-hybridized carbons (Fsp3) is 0.407. The molecule has 0 aliphatic carbocycles. The molecule has 3 fully saturated rings. The average Bonchev–Trinajstić information content (AvgIpc) is 3.27. The number of carbonyl (C=O) groups excluding carboxylic acids is 1. The molecular weight excluding hydrogens is 608 g/mol. The van der Waals surface area contributed by atoms with Gasteiger partial charge in [-0.25, -0.2) is 8.42 Å². The van der Waals surface area contributed by atoms with Gasteiger partial charge in [0.15, 0.2) is 5.72 Å². The molecule has 1 amide bonds. The highest BCUT2D eigenvalue weighted by atomic mass is 35.5. The lowest BCUT2D eigenvalue weighted by Crippen LogP contribution is -2.65. The minimum Gasteiger partial charge on any atom is -0.391 e. The third-order valence-electron chi connectivity index (χ3n) is 7.74. The molecule has 3 aliphatic heterocycles. The number of nitrogens with zero attached hydrogens (tertiary/aromatic N) is 4. The van der Waals surface area contributed by atoms with Gasteiger partial charge in [0.1, 0.15) is 0 Å². The first kappa shape index (κ1) is 30.6. The second-order valence-corrected chi connectivity index (χ2v) is 14.6. The van der Waals surface area contributed by atoms with Crippen molar-refractivity contribution in [2.75, 3.05) is 50.5 Å². The Hall–Kier alpha value is -2.85. The Morgan fingerprint density at radius 3 is 2.24 bits per heavy atom. The van der Waals surface area contributed by atoms with Gasteiger partial charge in [0.2, 0.25) is 15.9 Å². The minimum absolute atomic E-state index is 0.0787. The van der Waals surface area contributed by atoms with Crippen molar-refractivity contribution < 1.29 is 36.0 Å². The summed E-state index contributed by atoms with van der Waals surface area (Å²) >= 11 is 6.06.